The number of nitrogens with one attached hydrogen (secondary N) is 1. The van der Waals surface area contributed by atoms with Gasteiger partial charge < -0.3 is 4.57 Å². The Balaban J connectivity index is 3.08. The Morgan fingerprint density at radius 2 is 2.11 bits per heavy atom. The van der Waals surface area contributed by atoms with Gasteiger partial charge in [-0.25, -0.2) is 4.98 Å². The molecule has 0 aliphatic carbocycles. The molecule has 0 saturated carbocycles. The second-order valence-electron chi connectivity index (χ2n) is 4.03. The number of H-pyrrole nitrogens is 1. The van der Waals surface area contributed by atoms with Crippen LogP contribution in [-0.2, 0) is 19.6 Å². The Hall–Kier alpha value is -1.70. The molecule has 0 aliphatic rings. The third kappa shape index (κ3) is 2.27. The molecule has 0 atom stereocenters. The Morgan fingerprint density at radius 1 is 1.47 bits per heavy atom. The molecule has 102 valence electrons. The van der Waals surface area contributed by atoms with Crippen LogP contribution >= 0.6 is 12.2 Å². The molecule has 0 fully saturated rings. The average Bonchev–Trinajstić information content (AvgIpc) is 2.33. The van der Waals surface area contributed by atoms with Gasteiger partial charge >= 0.3 is 6.18 Å². The van der Waals surface area contributed by atoms with Crippen LogP contribution in [0, 0.1) is 4.77 Å². The van der Waals surface area contributed by atoms with Gasteiger partial charge in [0.05, 0.1) is 10.9 Å². The van der Waals surface area contributed by atoms with E-state index < -0.39 is 22.7 Å². The number of hydrogen-bond acceptors (Lipinski definition) is 3. The third-order valence-corrected chi connectivity index (χ3v) is 3.17. The number of aromatic amines is 1. The van der Waals surface area contributed by atoms with Crippen molar-refractivity contribution >= 4 is 23.3 Å². The summed E-state index contributed by atoms with van der Waals surface area (Å²) in [5.74, 6) is 0. The number of fused-ring (bicyclic) bond motifs is 1. The molecule has 8 heteroatoms. The van der Waals surface area contributed by atoms with Crippen molar-refractivity contribution in [2.24, 2.45) is 7.05 Å². The molecule has 0 unspecified atom stereocenters. The van der Waals surface area contributed by atoms with Gasteiger partial charge in [0.15, 0.2) is 4.77 Å². The number of pyridine rings is 1. The molecular weight excluding hydrogens is 279 g/mol. The SMILES string of the molecule is CCc1cc(C(F)(F)F)c2c(=O)[nH]c(=S)n(C)c2n1. The predicted molar refractivity (Wildman–Crippen MR) is 66.5 cm³/mol. The summed E-state index contributed by atoms with van der Waals surface area (Å²) in [6.07, 6.45) is -4.29. The minimum Gasteiger partial charge on any atom is -0.306 e. The van der Waals surface area contributed by atoms with Crippen molar-refractivity contribution in [3.05, 3.63) is 32.4 Å². The molecule has 19 heavy (non-hydrogen) atoms. The topological polar surface area (TPSA) is 50.7 Å². The first-order chi connectivity index (χ1) is 8.75. The highest BCUT2D eigenvalue weighted by Crippen LogP contribution is 2.33. The zero-order valence-corrected chi connectivity index (χ0v) is 10.9. The Morgan fingerprint density at radius 3 is 2.63 bits per heavy atom. The number of nitrogens with zero attached hydrogens (tertiary/aromatic N) is 2. The third-order valence-electron chi connectivity index (χ3n) is 2.79. The van der Waals surface area contributed by atoms with Crippen LogP contribution in [0.5, 0.6) is 0 Å². The number of halogens is 3. The fourth-order valence-corrected chi connectivity index (χ4v) is 1.97. The van der Waals surface area contributed by atoms with Crippen LogP contribution < -0.4 is 5.56 Å². The van der Waals surface area contributed by atoms with Crippen molar-refractivity contribution in [2.45, 2.75) is 19.5 Å². The van der Waals surface area contributed by atoms with E-state index in [0.29, 0.717) is 6.42 Å². The Bertz CT molecular complexity index is 761. The molecule has 1 N–H and O–H groups in total. The van der Waals surface area contributed by atoms with Crippen LogP contribution in [0.4, 0.5) is 13.2 Å². The second-order valence-corrected chi connectivity index (χ2v) is 4.42. The van der Waals surface area contributed by atoms with E-state index in [1.807, 2.05) is 0 Å². The lowest BCUT2D eigenvalue weighted by Gasteiger charge is -2.13. The van der Waals surface area contributed by atoms with Gasteiger partial charge in [-0.3, -0.25) is 9.78 Å². The fraction of sp³-hybridized carbons (Fsp3) is 0.364. The lowest BCUT2D eigenvalue weighted by atomic mass is 10.1. The van der Waals surface area contributed by atoms with Crippen LogP contribution in [0.15, 0.2) is 10.9 Å². The monoisotopic (exact) mass is 289 g/mol. The summed E-state index contributed by atoms with van der Waals surface area (Å²) in [6.45, 7) is 1.69. The first kappa shape index (κ1) is 13.7. The van der Waals surface area contributed by atoms with Gasteiger partial charge in [0.2, 0.25) is 0 Å². The molecule has 0 radical (unpaired) electrons. The van der Waals surface area contributed by atoms with Gasteiger partial charge in [0, 0.05) is 12.7 Å². The van der Waals surface area contributed by atoms with Gasteiger partial charge in [-0.15, -0.1) is 0 Å². The minimum absolute atomic E-state index is 0.0337. The van der Waals surface area contributed by atoms with Crippen molar-refractivity contribution in [3.8, 4) is 0 Å². The van der Waals surface area contributed by atoms with Gasteiger partial charge in [-0.2, -0.15) is 13.2 Å². The fourth-order valence-electron chi connectivity index (χ4n) is 1.79. The van der Waals surface area contributed by atoms with E-state index in [4.69, 9.17) is 12.2 Å². The standard InChI is InChI=1S/C11H10F3N3OS/c1-3-5-4-6(11(12,13)14)7-8(15-5)17(2)10(19)16-9(7)18/h4H,3H2,1-2H3,(H,16,18,19). The lowest BCUT2D eigenvalue weighted by Crippen LogP contribution is -2.20. The summed E-state index contributed by atoms with van der Waals surface area (Å²) in [6, 6.07) is 0.903. The van der Waals surface area contributed by atoms with Crippen molar-refractivity contribution in [2.75, 3.05) is 0 Å². The molecule has 2 aromatic rings. The molecule has 2 aromatic heterocycles. The van der Waals surface area contributed by atoms with E-state index in [1.165, 1.54) is 11.6 Å². The van der Waals surface area contributed by atoms with E-state index in [2.05, 4.69) is 9.97 Å². The summed E-state index contributed by atoms with van der Waals surface area (Å²) in [5.41, 5.74) is -1.65. The number of rotatable bonds is 1. The van der Waals surface area contributed by atoms with E-state index >= 15 is 0 Å². The van der Waals surface area contributed by atoms with Crippen LogP contribution in [0.2, 0.25) is 0 Å². The zero-order chi connectivity index (χ0) is 14.4. The first-order valence-corrected chi connectivity index (χ1v) is 5.86. The van der Waals surface area contributed by atoms with Crippen molar-refractivity contribution in [1.82, 2.24) is 14.5 Å². The van der Waals surface area contributed by atoms with E-state index in [9.17, 15) is 18.0 Å². The van der Waals surface area contributed by atoms with Gasteiger partial charge in [0.25, 0.3) is 5.56 Å². The summed E-state index contributed by atoms with van der Waals surface area (Å²) >= 11 is 4.87. The molecule has 0 aliphatic heterocycles. The van der Waals surface area contributed by atoms with Crippen LogP contribution in [0.3, 0.4) is 0 Å². The molecule has 2 rings (SSSR count). The molecule has 0 amide bonds. The molecular formula is C11H10F3N3OS. The quantitative estimate of drug-likeness (QED) is 0.821. The van der Waals surface area contributed by atoms with Crippen LogP contribution in [0.25, 0.3) is 11.0 Å². The molecule has 0 spiro atoms. The summed E-state index contributed by atoms with van der Waals surface area (Å²) in [4.78, 5) is 18.0. The highest BCUT2D eigenvalue weighted by atomic mass is 32.1. The van der Waals surface area contributed by atoms with E-state index in [1.54, 1.807) is 6.92 Å². The molecule has 0 saturated heterocycles. The lowest BCUT2D eigenvalue weighted by molar-refractivity contribution is -0.136. The van der Waals surface area contributed by atoms with E-state index in [-0.39, 0.29) is 16.1 Å². The maximum Gasteiger partial charge on any atom is 0.417 e. The van der Waals surface area contributed by atoms with Gasteiger partial charge in [-0.05, 0) is 24.7 Å². The number of aryl methyl sites for hydroxylation is 2. The number of aromatic nitrogens is 3. The van der Waals surface area contributed by atoms with Gasteiger partial charge in [-0.1, -0.05) is 6.92 Å². The van der Waals surface area contributed by atoms with Crippen molar-refractivity contribution in [1.29, 1.82) is 0 Å². The summed E-state index contributed by atoms with van der Waals surface area (Å²) < 4.78 is 40.4. The van der Waals surface area contributed by atoms with Crippen molar-refractivity contribution in [3.63, 3.8) is 0 Å². The largest absolute Gasteiger partial charge is 0.417 e. The van der Waals surface area contributed by atoms with Gasteiger partial charge in [0.1, 0.15) is 5.65 Å². The normalized spacial score (nSPS) is 12.1. The van der Waals surface area contributed by atoms with E-state index in [0.717, 1.165) is 6.07 Å². The number of alkyl halides is 3. The first-order valence-electron chi connectivity index (χ1n) is 5.45. The molecule has 0 aromatic carbocycles. The Kier molecular flexibility index (Phi) is 3.21. The maximum absolute atomic E-state index is 13.0. The maximum atomic E-state index is 13.0. The molecule has 0 bridgehead atoms. The average molecular weight is 289 g/mol. The minimum atomic E-state index is -4.62. The summed E-state index contributed by atoms with van der Waals surface area (Å²) in [7, 11) is 1.47. The molecule has 2 heterocycles. The predicted octanol–water partition coefficient (Wildman–Crippen LogP) is 2.57. The van der Waals surface area contributed by atoms with Crippen LogP contribution in [0.1, 0.15) is 18.2 Å². The Labute approximate surface area is 110 Å². The summed E-state index contributed by atoms with van der Waals surface area (Å²) in [5, 5.41) is -0.485. The zero-order valence-electron chi connectivity index (χ0n) is 10.1. The molecule has 4 nitrogen and oxygen atoms in total. The highest BCUT2D eigenvalue weighted by molar-refractivity contribution is 7.71. The van der Waals surface area contributed by atoms with Crippen LogP contribution in [-0.4, -0.2) is 14.5 Å². The van der Waals surface area contributed by atoms with Crippen molar-refractivity contribution < 1.29 is 13.2 Å². The second kappa shape index (κ2) is 4.44. The highest BCUT2D eigenvalue weighted by Gasteiger charge is 2.35. The number of hydrogen-bond donors (Lipinski definition) is 1. The smallest absolute Gasteiger partial charge is 0.306 e.